The number of hydrogen-bond donors (Lipinski definition) is 2. The van der Waals surface area contributed by atoms with Crippen molar-refractivity contribution in [1.82, 2.24) is 24.8 Å². The fourth-order valence-corrected chi connectivity index (χ4v) is 3.44. The number of carbonyl (C=O) groups is 1. The Morgan fingerprint density at radius 3 is 2.53 bits per heavy atom. The van der Waals surface area contributed by atoms with Gasteiger partial charge in [-0.1, -0.05) is 6.08 Å². The molecule has 4 heterocycles. The van der Waals surface area contributed by atoms with Crippen molar-refractivity contribution in [1.29, 1.82) is 0 Å². The second kappa shape index (κ2) is 10.1. The molecule has 0 bridgehead atoms. The molecule has 0 spiro atoms. The summed E-state index contributed by atoms with van der Waals surface area (Å²) in [4.78, 5) is 30.7. The normalized spacial score (nSPS) is 11.3. The SMILES string of the molecule is COc1ccc(-c2c[nH]c3ncc(-c4cc(NC(=O)/C=C/CN(C)C)nc(OC)c4)cc23)cn1. The van der Waals surface area contributed by atoms with Crippen molar-refractivity contribution in [2.75, 3.05) is 40.2 Å². The number of nitrogens with one attached hydrogen (secondary N) is 2. The number of aromatic amines is 1. The maximum Gasteiger partial charge on any atom is 0.249 e. The van der Waals surface area contributed by atoms with Crippen molar-refractivity contribution in [3.63, 3.8) is 0 Å². The van der Waals surface area contributed by atoms with Crippen LogP contribution in [-0.4, -0.2) is 65.6 Å². The van der Waals surface area contributed by atoms with E-state index in [-0.39, 0.29) is 5.91 Å². The summed E-state index contributed by atoms with van der Waals surface area (Å²) in [6.07, 6.45) is 8.72. The summed E-state index contributed by atoms with van der Waals surface area (Å²) in [5.41, 5.74) is 4.34. The van der Waals surface area contributed by atoms with Crippen molar-refractivity contribution < 1.29 is 14.3 Å². The average Bonchev–Trinajstić information content (AvgIpc) is 3.27. The number of aromatic nitrogens is 4. The minimum Gasteiger partial charge on any atom is -0.481 e. The van der Waals surface area contributed by atoms with E-state index in [1.54, 1.807) is 31.6 Å². The molecular formula is C25H26N6O3. The highest BCUT2D eigenvalue weighted by Gasteiger charge is 2.12. The van der Waals surface area contributed by atoms with Crippen LogP contribution >= 0.6 is 0 Å². The zero-order valence-corrected chi connectivity index (χ0v) is 19.5. The number of hydrogen-bond acceptors (Lipinski definition) is 7. The summed E-state index contributed by atoms with van der Waals surface area (Å²) in [7, 11) is 6.99. The fourth-order valence-electron chi connectivity index (χ4n) is 3.44. The second-order valence-corrected chi connectivity index (χ2v) is 7.85. The van der Waals surface area contributed by atoms with Crippen LogP contribution in [0.4, 0.5) is 5.82 Å². The summed E-state index contributed by atoms with van der Waals surface area (Å²) in [5.74, 6) is 1.07. The van der Waals surface area contributed by atoms with E-state index in [9.17, 15) is 4.79 Å². The van der Waals surface area contributed by atoms with Gasteiger partial charge in [-0.3, -0.25) is 4.79 Å². The summed E-state index contributed by atoms with van der Waals surface area (Å²) in [6.45, 7) is 0.665. The fraction of sp³-hybridized carbons (Fsp3) is 0.200. The standard InChI is InChI=1S/C25H26N6O3/c1-31(2)9-5-6-22(32)29-21-11-17(12-24(30-21)34-4)18-10-19-20(15-28-25(19)27-14-18)16-7-8-23(33-3)26-13-16/h5-8,10-15H,9H2,1-4H3,(H,27,28)(H,29,30,32)/b6-5+. The predicted octanol–water partition coefficient (Wildman–Crippen LogP) is 3.76. The second-order valence-electron chi connectivity index (χ2n) is 7.85. The summed E-state index contributed by atoms with van der Waals surface area (Å²) in [6, 6.07) is 9.41. The van der Waals surface area contributed by atoms with Gasteiger partial charge in [0, 0.05) is 65.4 Å². The van der Waals surface area contributed by atoms with Gasteiger partial charge >= 0.3 is 0 Å². The molecule has 4 rings (SSSR count). The number of H-pyrrole nitrogens is 1. The zero-order chi connectivity index (χ0) is 24.1. The van der Waals surface area contributed by atoms with Crippen molar-refractivity contribution in [3.8, 4) is 34.0 Å². The number of likely N-dealkylation sites (N-methyl/N-ethyl adjacent to an activating group) is 1. The van der Waals surface area contributed by atoms with E-state index >= 15 is 0 Å². The van der Waals surface area contributed by atoms with Crippen LogP contribution in [0.5, 0.6) is 11.8 Å². The van der Waals surface area contributed by atoms with E-state index in [4.69, 9.17) is 9.47 Å². The Morgan fingerprint density at radius 2 is 1.82 bits per heavy atom. The number of methoxy groups -OCH3 is 2. The molecule has 0 saturated heterocycles. The minimum absolute atomic E-state index is 0.262. The van der Waals surface area contributed by atoms with Crippen LogP contribution in [0.1, 0.15) is 0 Å². The smallest absolute Gasteiger partial charge is 0.249 e. The number of carbonyl (C=O) groups excluding carboxylic acids is 1. The molecule has 0 radical (unpaired) electrons. The van der Waals surface area contributed by atoms with Crippen LogP contribution in [0.15, 0.2) is 61.1 Å². The lowest BCUT2D eigenvalue weighted by atomic mass is 10.0. The van der Waals surface area contributed by atoms with Crippen LogP contribution in [0.2, 0.25) is 0 Å². The van der Waals surface area contributed by atoms with Crippen LogP contribution in [-0.2, 0) is 4.79 Å². The first-order valence-corrected chi connectivity index (χ1v) is 10.6. The molecule has 4 aromatic rings. The Balaban J connectivity index is 1.67. The third-order valence-electron chi connectivity index (χ3n) is 5.12. The average molecular weight is 459 g/mol. The largest absolute Gasteiger partial charge is 0.481 e. The van der Waals surface area contributed by atoms with E-state index < -0.39 is 0 Å². The van der Waals surface area contributed by atoms with Crippen LogP contribution in [0, 0.1) is 0 Å². The third kappa shape index (κ3) is 5.21. The van der Waals surface area contributed by atoms with Crippen molar-refractivity contribution in [2.24, 2.45) is 0 Å². The number of rotatable bonds is 8. The molecular weight excluding hydrogens is 432 g/mol. The number of pyridine rings is 3. The molecule has 9 heteroatoms. The quantitative estimate of drug-likeness (QED) is 0.387. The molecule has 0 fully saturated rings. The van der Waals surface area contributed by atoms with Gasteiger partial charge in [-0.25, -0.2) is 9.97 Å². The van der Waals surface area contributed by atoms with Gasteiger partial charge in [-0.2, -0.15) is 4.98 Å². The molecule has 34 heavy (non-hydrogen) atoms. The van der Waals surface area contributed by atoms with Crippen LogP contribution in [0.25, 0.3) is 33.3 Å². The number of ether oxygens (including phenoxy) is 2. The Labute approximate surface area is 197 Å². The van der Waals surface area contributed by atoms with Gasteiger partial charge in [-0.15, -0.1) is 0 Å². The van der Waals surface area contributed by atoms with Gasteiger partial charge in [-0.05, 0) is 37.9 Å². The molecule has 0 aliphatic carbocycles. The van der Waals surface area contributed by atoms with Crippen molar-refractivity contribution in [3.05, 3.63) is 61.1 Å². The monoisotopic (exact) mass is 458 g/mol. The molecule has 174 valence electrons. The highest BCUT2D eigenvalue weighted by molar-refractivity contribution is 5.99. The molecule has 2 N–H and O–H groups in total. The van der Waals surface area contributed by atoms with Crippen molar-refractivity contribution in [2.45, 2.75) is 0 Å². The lowest BCUT2D eigenvalue weighted by molar-refractivity contribution is -0.111. The molecule has 0 aromatic carbocycles. The van der Waals surface area contributed by atoms with E-state index in [1.165, 1.54) is 13.2 Å². The van der Waals surface area contributed by atoms with Crippen LogP contribution in [0.3, 0.4) is 0 Å². The number of anilines is 1. The lowest BCUT2D eigenvalue weighted by Crippen LogP contribution is -2.13. The van der Waals surface area contributed by atoms with Gasteiger partial charge in [0.15, 0.2) is 0 Å². The van der Waals surface area contributed by atoms with Crippen LogP contribution < -0.4 is 14.8 Å². The maximum absolute atomic E-state index is 12.3. The number of nitrogens with zero attached hydrogens (tertiary/aromatic N) is 4. The van der Waals surface area contributed by atoms with E-state index in [2.05, 4.69) is 25.3 Å². The summed E-state index contributed by atoms with van der Waals surface area (Å²) < 4.78 is 10.5. The molecule has 4 aromatic heterocycles. The van der Waals surface area contributed by atoms with Gasteiger partial charge in [0.1, 0.15) is 11.5 Å². The van der Waals surface area contributed by atoms with Gasteiger partial charge in [0.05, 0.1) is 14.2 Å². The Bertz CT molecular complexity index is 1330. The number of fused-ring (bicyclic) bond motifs is 1. The Kier molecular flexibility index (Phi) is 6.84. The highest BCUT2D eigenvalue weighted by atomic mass is 16.5. The molecule has 0 unspecified atom stereocenters. The van der Waals surface area contributed by atoms with E-state index in [0.717, 1.165) is 33.3 Å². The molecule has 0 aliphatic rings. The third-order valence-corrected chi connectivity index (χ3v) is 5.12. The molecule has 0 atom stereocenters. The van der Waals surface area contributed by atoms with Gasteiger partial charge in [0.25, 0.3) is 0 Å². The predicted molar refractivity (Wildman–Crippen MR) is 132 cm³/mol. The first kappa shape index (κ1) is 22.9. The van der Waals surface area contributed by atoms with Gasteiger partial charge < -0.3 is 24.7 Å². The molecule has 1 amide bonds. The minimum atomic E-state index is -0.262. The van der Waals surface area contributed by atoms with E-state index in [1.807, 2.05) is 49.5 Å². The summed E-state index contributed by atoms with van der Waals surface area (Å²) >= 11 is 0. The zero-order valence-electron chi connectivity index (χ0n) is 19.5. The maximum atomic E-state index is 12.3. The molecule has 0 aliphatic heterocycles. The lowest BCUT2D eigenvalue weighted by Gasteiger charge is -2.09. The number of amides is 1. The first-order valence-electron chi connectivity index (χ1n) is 10.6. The molecule has 9 nitrogen and oxygen atoms in total. The van der Waals surface area contributed by atoms with Gasteiger partial charge in [0.2, 0.25) is 17.7 Å². The first-order chi connectivity index (χ1) is 16.5. The van der Waals surface area contributed by atoms with E-state index in [0.29, 0.717) is 24.1 Å². The summed E-state index contributed by atoms with van der Waals surface area (Å²) in [5, 5.41) is 3.74. The highest BCUT2D eigenvalue weighted by Crippen LogP contribution is 2.32. The topological polar surface area (TPSA) is 105 Å². The van der Waals surface area contributed by atoms with Crippen molar-refractivity contribution >= 4 is 22.8 Å². The molecule has 0 saturated carbocycles. The Hall–Kier alpha value is -4.24. The Morgan fingerprint density at radius 1 is 1.03 bits per heavy atom.